The summed E-state index contributed by atoms with van der Waals surface area (Å²) < 4.78 is 0. The number of benzene rings is 1. The molecule has 0 aliphatic carbocycles. The monoisotopic (exact) mass is 252 g/mol. The van der Waals surface area contributed by atoms with E-state index in [1.807, 2.05) is 45.2 Å². The van der Waals surface area contributed by atoms with Crippen molar-refractivity contribution in [3.8, 4) is 0 Å². The zero-order valence-electron chi connectivity index (χ0n) is 10.8. The molecule has 1 amide bonds. The SMILES string of the molecule is CSc1cccc(NC(C)C(=O)NC(C)C)c1. The van der Waals surface area contributed by atoms with E-state index >= 15 is 0 Å². The van der Waals surface area contributed by atoms with E-state index in [-0.39, 0.29) is 18.0 Å². The van der Waals surface area contributed by atoms with Crippen LogP contribution in [0.25, 0.3) is 0 Å². The fourth-order valence-corrected chi connectivity index (χ4v) is 1.90. The van der Waals surface area contributed by atoms with Crippen LogP contribution in [0.4, 0.5) is 5.69 Å². The van der Waals surface area contributed by atoms with Crippen molar-refractivity contribution in [1.29, 1.82) is 0 Å². The number of thioether (sulfide) groups is 1. The molecule has 1 unspecified atom stereocenters. The lowest BCUT2D eigenvalue weighted by atomic mass is 10.2. The highest BCUT2D eigenvalue weighted by Crippen LogP contribution is 2.19. The summed E-state index contributed by atoms with van der Waals surface area (Å²) in [5, 5.41) is 6.08. The Balaban J connectivity index is 2.60. The molecule has 0 saturated heterocycles. The smallest absolute Gasteiger partial charge is 0.242 e. The van der Waals surface area contributed by atoms with Crippen LogP contribution in [0, 0.1) is 0 Å². The topological polar surface area (TPSA) is 41.1 Å². The molecule has 0 fully saturated rings. The second kappa shape index (κ2) is 6.55. The maximum Gasteiger partial charge on any atom is 0.242 e. The van der Waals surface area contributed by atoms with Crippen molar-refractivity contribution < 1.29 is 4.79 Å². The van der Waals surface area contributed by atoms with Crippen molar-refractivity contribution in [2.75, 3.05) is 11.6 Å². The molecule has 0 aliphatic rings. The first kappa shape index (κ1) is 13.9. The molecule has 1 aromatic carbocycles. The minimum atomic E-state index is -0.227. The van der Waals surface area contributed by atoms with Gasteiger partial charge in [0.1, 0.15) is 6.04 Å². The van der Waals surface area contributed by atoms with Crippen LogP contribution in [0.3, 0.4) is 0 Å². The van der Waals surface area contributed by atoms with Crippen molar-refractivity contribution >= 4 is 23.4 Å². The molecule has 1 aromatic rings. The molecule has 0 spiro atoms. The van der Waals surface area contributed by atoms with Gasteiger partial charge in [0, 0.05) is 16.6 Å². The van der Waals surface area contributed by atoms with Gasteiger partial charge < -0.3 is 10.6 Å². The molecular weight excluding hydrogens is 232 g/mol. The van der Waals surface area contributed by atoms with E-state index in [1.54, 1.807) is 11.8 Å². The molecule has 0 saturated carbocycles. The Kier molecular flexibility index (Phi) is 5.35. The van der Waals surface area contributed by atoms with E-state index in [0.29, 0.717) is 0 Å². The number of anilines is 1. The predicted molar refractivity (Wildman–Crippen MR) is 74.6 cm³/mol. The number of carbonyl (C=O) groups excluding carboxylic acids is 1. The molecule has 2 N–H and O–H groups in total. The van der Waals surface area contributed by atoms with Gasteiger partial charge in [0.15, 0.2) is 0 Å². The maximum absolute atomic E-state index is 11.7. The van der Waals surface area contributed by atoms with Gasteiger partial charge in [-0.15, -0.1) is 11.8 Å². The lowest BCUT2D eigenvalue weighted by Crippen LogP contribution is -2.40. The molecular formula is C13H20N2OS. The average molecular weight is 252 g/mol. The van der Waals surface area contributed by atoms with Crippen LogP contribution in [-0.2, 0) is 4.79 Å². The summed E-state index contributed by atoms with van der Waals surface area (Å²) in [6.07, 6.45) is 2.04. The van der Waals surface area contributed by atoms with E-state index in [9.17, 15) is 4.79 Å². The zero-order chi connectivity index (χ0) is 12.8. The molecule has 0 bridgehead atoms. The fraction of sp³-hybridized carbons (Fsp3) is 0.462. The summed E-state index contributed by atoms with van der Waals surface area (Å²) >= 11 is 1.69. The van der Waals surface area contributed by atoms with Crippen molar-refractivity contribution in [3.05, 3.63) is 24.3 Å². The molecule has 94 valence electrons. The van der Waals surface area contributed by atoms with E-state index in [2.05, 4.69) is 16.7 Å². The molecule has 1 rings (SSSR count). The Morgan fingerprint density at radius 1 is 1.29 bits per heavy atom. The van der Waals surface area contributed by atoms with Crippen LogP contribution in [0.1, 0.15) is 20.8 Å². The van der Waals surface area contributed by atoms with Crippen molar-refractivity contribution in [3.63, 3.8) is 0 Å². The van der Waals surface area contributed by atoms with Gasteiger partial charge in [0.25, 0.3) is 0 Å². The van der Waals surface area contributed by atoms with Gasteiger partial charge in [-0.1, -0.05) is 6.07 Å². The number of rotatable bonds is 5. The molecule has 1 atom stereocenters. The summed E-state index contributed by atoms with van der Waals surface area (Å²) in [5.41, 5.74) is 0.975. The predicted octanol–water partition coefficient (Wildman–Crippen LogP) is 2.73. The average Bonchev–Trinajstić information content (AvgIpc) is 2.28. The van der Waals surface area contributed by atoms with Crippen LogP contribution in [0.2, 0.25) is 0 Å². The van der Waals surface area contributed by atoms with Crippen molar-refractivity contribution in [2.45, 2.75) is 37.8 Å². The van der Waals surface area contributed by atoms with E-state index in [4.69, 9.17) is 0 Å². The van der Waals surface area contributed by atoms with Crippen LogP contribution < -0.4 is 10.6 Å². The quantitative estimate of drug-likeness (QED) is 0.792. The standard InChI is InChI=1S/C13H20N2OS/c1-9(2)14-13(16)10(3)15-11-6-5-7-12(8-11)17-4/h5-10,15H,1-4H3,(H,14,16). The van der Waals surface area contributed by atoms with Gasteiger partial charge in [-0.25, -0.2) is 0 Å². The first-order valence-electron chi connectivity index (χ1n) is 5.74. The summed E-state index contributed by atoms with van der Waals surface area (Å²) in [5.74, 6) is 0.0227. The Hall–Kier alpha value is -1.16. The summed E-state index contributed by atoms with van der Waals surface area (Å²) in [7, 11) is 0. The summed E-state index contributed by atoms with van der Waals surface area (Å²) in [6.45, 7) is 5.78. The highest BCUT2D eigenvalue weighted by molar-refractivity contribution is 7.98. The second-order valence-electron chi connectivity index (χ2n) is 4.26. The highest BCUT2D eigenvalue weighted by Gasteiger charge is 2.13. The number of hydrogen-bond donors (Lipinski definition) is 2. The van der Waals surface area contributed by atoms with Crippen molar-refractivity contribution in [1.82, 2.24) is 5.32 Å². The van der Waals surface area contributed by atoms with Crippen LogP contribution in [-0.4, -0.2) is 24.2 Å². The molecule has 3 nitrogen and oxygen atoms in total. The normalized spacial score (nSPS) is 12.3. The Morgan fingerprint density at radius 2 is 2.00 bits per heavy atom. The summed E-state index contributed by atoms with van der Waals surface area (Å²) in [6, 6.07) is 8.00. The number of amides is 1. The molecule has 0 aromatic heterocycles. The molecule has 4 heteroatoms. The Morgan fingerprint density at radius 3 is 2.59 bits per heavy atom. The van der Waals surface area contributed by atoms with Crippen LogP contribution in [0.5, 0.6) is 0 Å². The molecule has 0 aliphatic heterocycles. The summed E-state index contributed by atoms with van der Waals surface area (Å²) in [4.78, 5) is 12.9. The van der Waals surface area contributed by atoms with Gasteiger partial charge in [-0.3, -0.25) is 4.79 Å². The van der Waals surface area contributed by atoms with Gasteiger partial charge in [0.05, 0.1) is 0 Å². The number of nitrogens with one attached hydrogen (secondary N) is 2. The number of carbonyl (C=O) groups is 1. The lowest BCUT2D eigenvalue weighted by molar-refractivity contribution is -0.122. The van der Waals surface area contributed by atoms with Crippen molar-refractivity contribution in [2.24, 2.45) is 0 Å². The van der Waals surface area contributed by atoms with E-state index in [0.717, 1.165) is 5.69 Å². The van der Waals surface area contributed by atoms with Gasteiger partial charge >= 0.3 is 0 Å². The lowest BCUT2D eigenvalue weighted by Gasteiger charge is -2.17. The third kappa shape index (κ3) is 4.69. The Bertz CT molecular complexity index is 379. The van der Waals surface area contributed by atoms with Crippen LogP contribution in [0.15, 0.2) is 29.2 Å². The first-order valence-corrected chi connectivity index (χ1v) is 6.96. The minimum absolute atomic E-state index is 0.0227. The third-order valence-corrected chi connectivity index (χ3v) is 3.00. The highest BCUT2D eigenvalue weighted by atomic mass is 32.2. The first-order chi connectivity index (χ1) is 8.02. The van der Waals surface area contributed by atoms with E-state index < -0.39 is 0 Å². The third-order valence-electron chi connectivity index (χ3n) is 2.28. The van der Waals surface area contributed by atoms with Gasteiger partial charge in [0.2, 0.25) is 5.91 Å². The Labute approximate surface area is 107 Å². The van der Waals surface area contributed by atoms with Crippen LogP contribution >= 0.6 is 11.8 Å². The largest absolute Gasteiger partial charge is 0.374 e. The fourth-order valence-electron chi connectivity index (χ4n) is 1.44. The number of hydrogen-bond acceptors (Lipinski definition) is 3. The molecule has 0 heterocycles. The van der Waals surface area contributed by atoms with E-state index in [1.165, 1.54) is 4.90 Å². The zero-order valence-corrected chi connectivity index (χ0v) is 11.6. The second-order valence-corrected chi connectivity index (χ2v) is 5.14. The molecule has 17 heavy (non-hydrogen) atoms. The minimum Gasteiger partial charge on any atom is -0.374 e. The van der Waals surface area contributed by atoms with Gasteiger partial charge in [-0.05, 0) is 45.2 Å². The van der Waals surface area contributed by atoms with Gasteiger partial charge in [-0.2, -0.15) is 0 Å². The molecule has 0 radical (unpaired) electrons. The maximum atomic E-state index is 11.7.